The summed E-state index contributed by atoms with van der Waals surface area (Å²) < 4.78 is 2.19. The molecule has 0 aromatic heterocycles. The molecule has 0 spiro atoms. The molecule has 0 radical (unpaired) electrons. The first-order valence-corrected chi connectivity index (χ1v) is 7.96. The van der Waals surface area contributed by atoms with Crippen LogP contribution in [0.3, 0.4) is 0 Å². The Morgan fingerprint density at radius 1 is 1.28 bits per heavy atom. The minimum atomic E-state index is 0.840. The normalized spacial score (nSPS) is 23.3. The number of benzene rings is 1. The van der Waals surface area contributed by atoms with Crippen LogP contribution in [-0.4, -0.2) is 26.4 Å². The fourth-order valence-corrected chi connectivity index (χ4v) is 2.91. The van der Waals surface area contributed by atoms with Gasteiger partial charge in [0.25, 0.3) is 0 Å². The Bertz CT molecular complexity index is 363. The lowest BCUT2D eigenvalue weighted by molar-refractivity contribution is 0.423. The van der Waals surface area contributed by atoms with E-state index >= 15 is 0 Å². The van der Waals surface area contributed by atoms with Gasteiger partial charge in [0.15, 0.2) is 0 Å². The summed E-state index contributed by atoms with van der Waals surface area (Å²) in [5.74, 6) is 1.70. The van der Waals surface area contributed by atoms with E-state index in [1.54, 1.807) is 11.9 Å². The molecule has 2 atom stereocenters. The van der Waals surface area contributed by atoms with E-state index in [-0.39, 0.29) is 0 Å². The molecule has 0 bridgehead atoms. The van der Waals surface area contributed by atoms with E-state index in [0.717, 1.165) is 11.8 Å². The van der Waals surface area contributed by atoms with Gasteiger partial charge in [0.05, 0.1) is 0 Å². The maximum atomic E-state index is 3.48. The monoisotopic (exact) mass is 264 g/mol. The van der Waals surface area contributed by atoms with Crippen molar-refractivity contribution in [3.05, 3.63) is 29.8 Å². The van der Waals surface area contributed by atoms with E-state index in [2.05, 4.69) is 54.1 Å². The highest BCUT2D eigenvalue weighted by Gasteiger charge is 2.22. The second-order valence-corrected chi connectivity index (χ2v) is 6.19. The number of hydrogen-bond donors (Lipinski definition) is 1. The zero-order valence-electron chi connectivity index (χ0n) is 11.6. The van der Waals surface area contributed by atoms with E-state index in [1.807, 2.05) is 0 Å². The van der Waals surface area contributed by atoms with Crippen molar-refractivity contribution in [1.29, 1.82) is 0 Å². The van der Waals surface area contributed by atoms with Crippen LogP contribution in [0.4, 0.5) is 5.69 Å². The van der Waals surface area contributed by atoms with Gasteiger partial charge in [0.2, 0.25) is 0 Å². The van der Waals surface area contributed by atoms with Gasteiger partial charge in [-0.2, -0.15) is 0 Å². The third-order valence-electron chi connectivity index (χ3n) is 4.06. The third-order valence-corrected chi connectivity index (χ3v) is 4.81. The number of nitrogens with one attached hydrogen (secondary N) is 1. The van der Waals surface area contributed by atoms with Crippen LogP contribution in [0.25, 0.3) is 0 Å². The molecule has 1 saturated heterocycles. The Balaban J connectivity index is 1.86. The lowest BCUT2D eigenvalue weighted by atomic mass is 9.91. The maximum absolute atomic E-state index is 3.48. The van der Waals surface area contributed by atoms with Crippen molar-refractivity contribution in [3.63, 3.8) is 0 Å². The predicted molar refractivity (Wildman–Crippen MR) is 82.2 cm³/mol. The van der Waals surface area contributed by atoms with Gasteiger partial charge in [-0.25, -0.2) is 0 Å². The number of aryl methyl sites for hydroxylation is 1. The van der Waals surface area contributed by atoms with E-state index in [1.165, 1.54) is 37.2 Å². The Morgan fingerprint density at radius 3 is 2.56 bits per heavy atom. The minimum absolute atomic E-state index is 0.840. The molecular weight excluding hydrogens is 240 g/mol. The van der Waals surface area contributed by atoms with E-state index < -0.39 is 0 Å². The van der Waals surface area contributed by atoms with Crippen LogP contribution in [0, 0.1) is 11.8 Å². The van der Waals surface area contributed by atoms with Gasteiger partial charge in [-0.15, -0.1) is 0 Å². The van der Waals surface area contributed by atoms with Crippen molar-refractivity contribution in [2.45, 2.75) is 19.8 Å². The molecule has 0 amide bonds. The zero-order chi connectivity index (χ0) is 13.0. The summed E-state index contributed by atoms with van der Waals surface area (Å²) in [6.07, 6.45) is 4.62. The smallest absolute Gasteiger partial charge is 0.0466 e. The van der Waals surface area contributed by atoms with Gasteiger partial charge in [-0.3, -0.25) is 0 Å². The molecular formula is C15H24N2S. The summed E-state index contributed by atoms with van der Waals surface area (Å²) in [5, 5.41) is 3.48. The Morgan fingerprint density at radius 2 is 2.00 bits per heavy atom. The second-order valence-electron chi connectivity index (χ2n) is 5.28. The molecule has 1 N–H and O–H groups in total. The predicted octanol–water partition coefficient (Wildman–Crippen LogP) is 3.19. The van der Waals surface area contributed by atoms with Crippen LogP contribution in [0.5, 0.6) is 0 Å². The lowest BCUT2D eigenvalue weighted by Gasteiger charge is -2.16. The fourth-order valence-electron chi connectivity index (χ4n) is 2.58. The molecule has 1 unspecified atom stereocenters. The van der Waals surface area contributed by atoms with Crippen LogP contribution in [0.1, 0.15) is 18.9 Å². The van der Waals surface area contributed by atoms with Crippen LogP contribution in [0.15, 0.2) is 24.3 Å². The lowest BCUT2D eigenvalue weighted by Crippen LogP contribution is -2.11. The molecule has 1 fully saturated rings. The fraction of sp³-hybridized carbons (Fsp3) is 0.600. The number of rotatable bonds is 5. The van der Waals surface area contributed by atoms with Crippen molar-refractivity contribution in [3.8, 4) is 0 Å². The molecule has 2 rings (SSSR count). The van der Waals surface area contributed by atoms with Gasteiger partial charge in [0.1, 0.15) is 0 Å². The van der Waals surface area contributed by atoms with Gasteiger partial charge in [0, 0.05) is 19.0 Å². The highest BCUT2D eigenvalue weighted by Crippen LogP contribution is 2.23. The average molecular weight is 264 g/mol. The first-order chi connectivity index (χ1) is 8.70. The van der Waals surface area contributed by atoms with Gasteiger partial charge in [-0.05, 0) is 55.5 Å². The van der Waals surface area contributed by atoms with Crippen molar-refractivity contribution in [2.75, 3.05) is 30.7 Å². The Labute approximate surface area is 115 Å². The zero-order valence-corrected chi connectivity index (χ0v) is 12.5. The largest absolute Gasteiger partial charge is 0.320 e. The molecule has 1 aromatic carbocycles. The first-order valence-electron chi connectivity index (χ1n) is 6.78. The van der Waals surface area contributed by atoms with Gasteiger partial charge >= 0.3 is 0 Å². The van der Waals surface area contributed by atoms with Crippen molar-refractivity contribution < 1.29 is 0 Å². The van der Waals surface area contributed by atoms with Crippen molar-refractivity contribution >= 4 is 17.6 Å². The molecule has 1 aliphatic rings. The SMILES string of the molecule is CSN(C)c1ccc(CC[C@H]2CNCC2C)cc1. The van der Waals surface area contributed by atoms with Crippen LogP contribution in [0.2, 0.25) is 0 Å². The quantitative estimate of drug-likeness (QED) is 0.822. The van der Waals surface area contributed by atoms with E-state index in [9.17, 15) is 0 Å². The molecule has 0 aliphatic carbocycles. The summed E-state index contributed by atoms with van der Waals surface area (Å²) in [7, 11) is 2.10. The average Bonchev–Trinajstić information content (AvgIpc) is 2.81. The molecule has 1 heterocycles. The summed E-state index contributed by atoms with van der Waals surface area (Å²) in [4.78, 5) is 0. The van der Waals surface area contributed by atoms with Crippen LogP contribution >= 0.6 is 11.9 Å². The molecule has 18 heavy (non-hydrogen) atoms. The Kier molecular flexibility index (Phi) is 4.95. The highest BCUT2D eigenvalue weighted by molar-refractivity contribution is 7.99. The summed E-state index contributed by atoms with van der Waals surface area (Å²) in [5.41, 5.74) is 2.74. The van der Waals surface area contributed by atoms with Crippen molar-refractivity contribution in [1.82, 2.24) is 5.32 Å². The summed E-state index contributed by atoms with van der Waals surface area (Å²) in [6, 6.07) is 8.99. The molecule has 3 heteroatoms. The molecule has 0 saturated carbocycles. The highest BCUT2D eigenvalue weighted by atomic mass is 32.2. The summed E-state index contributed by atoms with van der Waals surface area (Å²) in [6.45, 7) is 4.76. The Hall–Kier alpha value is -0.670. The molecule has 2 nitrogen and oxygen atoms in total. The molecule has 1 aromatic rings. The third kappa shape index (κ3) is 3.42. The number of hydrogen-bond acceptors (Lipinski definition) is 3. The van der Waals surface area contributed by atoms with Crippen molar-refractivity contribution in [2.24, 2.45) is 11.8 Å². The van der Waals surface area contributed by atoms with Gasteiger partial charge < -0.3 is 9.62 Å². The maximum Gasteiger partial charge on any atom is 0.0466 e. The topological polar surface area (TPSA) is 15.3 Å². The molecule has 100 valence electrons. The first kappa shape index (κ1) is 13.8. The van der Waals surface area contributed by atoms with E-state index in [4.69, 9.17) is 0 Å². The number of nitrogens with zero attached hydrogens (tertiary/aromatic N) is 1. The number of anilines is 1. The molecule has 1 aliphatic heterocycles. The van der Waals surface area contributed by atoms with Crippen LogP contribution < -0.4 is 9.62 Å². The van der Waals surface area contributed by atoms with E-state index in [0.29, 0.717) is 0 Å². The second kappa shape index (κ2) is 6.48. The van der Waals surface area contributed by atoms with Crippen LogP contribution in [-0.2, 0) is 6.42 Å². The summed E-state index contributed by atoms with van der Waals surface area (Å²) >= 11 is 1.74. The van der Waals surface area contributed by atoms with Gasteiger partial charge in [-0.1, -0.05) is 31.0 Å². The standard InChI is InChI=1S/C15H24N2S/c1-12-10-16-11-14(12)7-4-13-5-8-15(9-6-13)17(2)18-3/h5-6,8-9,12,14,16H,4,7,10-11H2,1-3H3/t12?,14-/m0/s1. The minimum Gasteiger partial charge on any atom is -0.320 e.